The average molecular weight is 247 g/mol. The highest BCUT2D eigenvalue weighted by molar-refractivity contribution is 5.67. The van der Waals surface area contributed by atoms with Gasteiger partial charge in [0.05, 0.1) is 6.61 Å². The lowest BCUT2D eigenvalue weighted by molar-refractivity contribution is -0.215. The average Bonchev–Trinajstić information content (AvgIpc) is 2.09. The summed E-state index contributed by atoms with van der Waals surface area (Å²) in [5, 5.41) is 12.3. The molecule has 5 heteroatoms. The summed E-state index contributed by atoms with van der Waals surface area (Å²) in [7, 11) is 0. The molecule has 0 spiro atoms. The summed E-state index contributed by atoms with van der Waals surface area (Å²) in [6.07, 6.45) is -0.481. The van der Waals surface area contributed by atoms with E-state index in [4.69, 9.17) is 9.47 Å². The molecule has 0 rings (SSSR count). The number of hydrogen-bond donors (Lipinski definition) is 2. The molecule has 0 saturated heterocycles. The molecular weight excluding hydrogens is 222 g/mol. The largest absolute Gasteiger partial charge is 0.444 e. The topological polar surface area (TPSA) is 67.8 Å². The third-order valence-corrected chi connectivity index (χ3v) is 2.24. The number of carbonyl (C=O) groups excluding carboxylic acids is 1. The zero-order chi connectivity index (χ0) is 13.7. The van der Waals surface area contributed by atoms with Gasteiger partial charge in [-0.15, -0.1) is 0 Å². The van der Waals surface area contributed by atoms with Gasteiger partial charge in [-0.3, -0.25) is 0 Å². The Balaban J connectivity index is 3.76. The summed E-state index contributed by atoms with van der Waals surface area (Å²) in [5.74, 6) is -1.18. The first-order valence-corrected chi connectivity index (χ1v) is 5.88. The van der Waals surface area contributed by atoms with Crippen molar-refractivity contribution >= 4 is 6.09 Å². The van der Waals surface area contributed by atoms with Crippen molar-refractivity contribution in [3.05, 3.63) is 0 Å². The fourth-order valence-corrected chi connectivity index (χ4v) is 0.892. The predicted octanol–water partition coefficient (Wildman–Crippen LogP) is 1.89. The number of rotatable bonds is 5. The van der Waals surface area contributed by atoms with Crippen molar-refractivity contribution in [2.75, 3.05) is 13.2 Å². The third-order valence-electron chi connectivity index (χ3n) is 2.24. The minimum absolute atomic E-state index is 0.0102. The van der Waals surface area contributed by atoms with E-state index in [0.29, 0.717) is 6.54 Å². The number of nitrogens with one attached hydrogen (secondary N) is 1. The number of hydrogen-bond acceptors (Lipinski definition) is 4. The standard InChI is InChI=1S/C12H25NO4/c1-9(2)12(6,15)16-8-7-13-10(14)17-11(3,4)5/h9,15H,7-8H2,1-6H3,(H,13,14). The van der Waals surface area contributed by atoms with Crippen LogP contribution in [0.4, 0.5) is 4.79 Å². The zero-order valence-electron chi connectivity index (χ0n) is 11.7. The maximum atomic E-state index is 11.3. The van der Waals surface area contributed by atoms with Crippen molar-refractivity contribution < 1.29 is 19.4 Å². The van der Waals surface area contributed by atoms with Crippen LogP contribution < -0.4 is 5.32 Å². The van der Waals surface area contributed by atoms with Crippen molar-refractivity contribution in [2.45, 2.75) is 52.9 Å². The van der Waals surface area contributed by atoms with Gasteiger partial charge in [0.1, 0.15) is 5.60 Å². The predicted molar refractivity (Wildman–Crippen MR) is 65.7 cm³/mol. The lowest BCUT2D eigenvalue weighted by atomic mass is 10.1. The summed E-state index contributed by atoms with van der Waals surface area (Å²) in [6.45, 7) is 11.3. The van der Waals surface area contributed by atoms with E-state index in [-0.39, 0.29) is 12.5 Å². The highest BCUT2D eigenvalue weighted by atomic mass is 16.6. The molecule has 17 heavy (non-hydrogen) atoms. The van der Waals surface area contributed by atoms with E-state index in [1.165, 1.54) is 0 Å². The van der Waals surface area contributed by atoms with E-state index in [9.17, 15) is 9.90 Å². The first-order chi connectivity index (χ1) is 7.54. The molecule has 102 valence electrons. The van der Waals surface area contributed by atoms with Crippen molar-refractivity contribution in [1.82, 2.24) is 5.32 Å². The molecule has 0 heterocycles. The molecule has 5 nitrogen and oxygen atoms in total. The summed E-state index contributed by atoms with van der Waals surface area (Å²) >= 11 is 0. The number of alkyl carbamates (subject to hydrolysis) is 1. The number of aliphatic hydroxyl groups is 1. The Bertz CT molecular complexity index is 243. The van der Waals surface area contributed by atoms with E-state index < -0.39 is 17.5 Å². The highest BCUT2D eigenvalue weighted by Gasteiger charge is 2.25. The van der Waals surface area contributed by atoms with Gasteiger partial charge in [0.2, 0.25) is 0 Å². The number of ether oxygens (including phenoxy) is 2. The van der Waals surface area contributed by atoms with Crippen molar-refractivity contribution in [2.24, 2.45) is 5.92 Å². The third kappa shape index (κ3) is 7.99. The van der Waals surface area contributed by atoms with Gasteiger partial charge < -0.3 is 19.9 Å². The molecule has 0 aliphatic rings. The smallest absolute Gasteiger partial charge is 0.407 e. The summed E-state index contributed by atoms with van der Waals surface area (Å²) in [6, 6.07) is 0. The summed E-state index contributed by atoms with van der Waals surface area (Å²) in [4.78, 5) is 11.3. The van der Waals surface area contributed by atoms with Crippen LogP contribution in [-0.2, 0) is 9.47 Å². The van der Waals surface area contributed by atoms with Gasteiger partial charge in [0, 0.05) is 12.5 Å². The lowest BCUT2D eigenvalue weighted by Gasteiger charge is -2.28. The van der Waals surface area contributed by atoms with Gasteiger partial charge in [0.25, 0.3) is 0 Å². The van der Waals surface area contributed by atoms with Crippen LogP contribution in [0.15, 0.2) is 0 Å². The quantitative estimate of drug-likeness (QED) is 0.575. The van der Waals surface area contributed by atoms with Gasteiger partial charge in [-0.05, 0) is 27.7 Å². The van der Waals surface area contributed by atoms with E-state index >= 15 is 0 Å². The van der Waals surface area contributed by atoms with Gasteiger partial charge in [0.15, 0.2) is 5.79 Å². The maximum absolute atomic E-state index is 11.3. The van der Waals surface area contributed by atoms with Crippen LogP contribution in [0, 0.1) is 5.92 Å². The second-order valence-electron chi connectivity index (χ2n) is 5.49. The first kappa shape index (κ1) is 16.2. The molecule has 0 bridgehead atoms. The Kier molecular flexibility index (Phi) is 5.92. The van der Waals surface area contributed by atoms with Gasteiger partial charge in [-0.1, -0.05) is 13.8 Å². The summed E-state index contributed by atoms with van der Waals surface area (Å²) in [5.41, 5.74) is -0.506. The van der Waals surface area contributed by atoms with Crippen LogP contribution in [0.1, 0.15) is 41.5 Å². The fraction of sp³-hybridized carbons (Fsp3) is 0.917. The second kappa shape index (κ2) is 6.21. The Labute approximate surface area is 103 Å². The normalized spacial score (nSPS) is 15.5. The molecule has 0 aromatic heterocycles. The van der Waals surface area contributed by atoms with Crippen LogP contribution in [0.25, 0.3) is 0 Å². The monoisotopic (exact) mass is 247 g/mol. The molecule has 1 amide bonds. The van der Waals surface area contributed by atoms with E-state index in [0.717, 1.165) is 0 Å². The molecule has 0 fully saturated rings. The lowest BCUT2D eigenvalue weighted by Crippen LogP contribution is -2.39. The highest BCUT2D eigenvalue weighted by Crippen LogP contribution is 2.16. The Morgan fingerprint density at radius 2 is 1.82 bits per heavy atom. The van der Waals surface area contributed by atoms with E-state index in [2.05, 4.69) is 5.32 Å². The molecule has 0 radical (unpaired) electrons. The molecule has 0 aromatic rings. The Morgan fingerprint density at radius 1 is 1.29 bits per heavy atom. The molecule has 1 atom stereocenters. The Hall–Kier alpha value is -0.810. The maximum Gasteiger partial charge on any atom is 0.407 e. The van der Waals surface area contributed by atoms with Gasteiger partial charge in [-0.2, -0.15) is 0 Å². The minimum atomic E-state index is -1.17. The molecule has 0 aromatic carbocycles. The Morgan fingerprint density at radius 3 is 2.24 bits per heavy atom. The molecule has 0 aliphatic heterocycles. The van der Waals surface area contributed by atoms with Gasteiger partial charge in [-0.25, -0.2) is 4.79 Å². The SMILES string of the molecule is CC(C)C(C)(O)OCCNC(=O)OC(C)(C)C. The van der Waals surface area contributed by atoms with Crippen LogP contribution >= 0.6 is 0 Å². The second-order valence-corrected chi connectivity index (χ2v) is 5.49. The number of amides is 1. The fourth-order valence-electron chi connectivity index (χ4n) is 0.892. The molecular formula is C12H25NO4. The van der Waals surface area contributed by atoms with Crippen molar-refractivity contribution in [1.29, 1.82) is 0 Å². The molecule has 2 N–H and O–H groups in total. The van der Waals surface area contributed by atoms with E-state index in [1.807, 2.05) is 13.8 Å². The van der Waals surface area contributed by atoms with Crippen LogP contribution in [0.3, 0.4) is 0 Å². The van der Waals surface area contributed by atoms with Crippen LogP contribution in [0.5, 0.6) is 0 Å². The first-order valence-electron chi connectivity index (χ1n) is 5.88. The molecule has 0 aliphatic carbocycles. The number of carbonyl (C=O) groups is 1. The zero-order valence-corrected chi connectivity index (χ0v) is 11.7. The van der Waals surface area contributed by atoms with Crippen LogP contribution in [-0.4, -0.2) is 35.7 Å². The van der Waals surface area contributed by atoms with Gasteiger partial charge >= 0.3 is 6.09 Å². The minimum Gasteiger partial charge on any atom is -0.444 e. The van der Waals surface area contributed by atoms with Crippen molar-refractivity contribution in [3.63, 3.8) is 0 Å². The summed E-state index contributed by atoms with van der Waals surface area (Å²) < 4.78 is 10.3. The molecule has 1 unspecified atom stereocenters. The van der Waals surface area contributed by atoms with E-state index in [1.54, 1.807) is 27.7 Å². The van der Waals surface area contributed by atoms with Crippen molar-refractivity contribution in [3.8, 4) is 0 Å². The molecule has 0 saturated carbocycles. The van der Waals surface area contributed by atoms with Crippen LogP contribution in [0.2, 0.25) is 0 Å².